The minimum atomic E-state index is -4.57. The van der Waals surface area contributed by atoms with Crippen LogP contribution in [0, 0.1) is 11.3 Å². The molecule has 16 heteroatoms. The van der Waals surface area contributed by atoms with Gasteiger partial charge in [0.2, 0.25) is 0 Å². The number of aryl methyl sites for hydroxylation is 1. The Morgan fingerprint density at radius 1 is 1.29 bits per heavy atom. The van der Waals surface area contributed by atoms with Crippen LogP contribution < -0.4 is 10.1 Å². The number of sulfone groups is 1. The summed E-state index contributed by atoms with van der Waals surface area (Å²) in [5.74, 6) is -1.85. The molecular weight excluding hydrogens is 599 g/mol. The average Bonchev–Trinajstić information content (AvgIpc) is 3.17. The van der Waals surface area contributed by atoms with E-state index in [0.29, 0.717) is 12.8 Å². The number of amides is 1. The first-order valence-corrected chi connectivity index (χ1v) is 15.1. The van der Waals surface area contributed by atoms with Crippen molar-refractivity contribution in [2.45, 2.75) is 77.0 Å². The molecule has 0 bridgehead atoms. The van der Waals surface area contributed by atoms with Gasteiger partial charge in [0.1, 0.15) is 20.8 Å². The molecule has 0 aromatic carbocycles. The van der Waals surface area contributed by atoms with Crippen LogP contribution in [0.1, 0.15) is 61.9 Å². The van der Waals surface area contributed by atoms with Crippen molar-refractivity contribution in [2.75, 3.05) is 12.8 Å². The summed E-state index contributed by atoms with van der Waals surface area (Å²) in [7, 11) is -3.31. The summed E-state index contributed by atoms with van der Waals surface area (Å²) in [5, 5.41) is 12.1. The highest BCUT2D eigenvalue weighted by molar-refractivity contribution is 7.91. The third kappa shape index (κ3) is 7.66. The van der Waals surface area contributed by atoms with Crippen LogP contribution >= 0.6 is 11.6 Å². The van der Waals surface area contributed by atoms with E-state index in [1.807, 2.05) is 0 Å². The highest BCUT2D eigenvalue weighted by Gasteiger charge is 2.47. The molecule has 1 amide bonds. The smallest absolute Gasteiger partial charge is 0.394 e. The van der Waals surface area contributed by atoms with E-state index >= 15 is 0 Å². The lowest BCUT2D eigenvalue weighted by atomic mass is 9.85. The second-order valence-electron chi connectivity index (χ2n) is 10.8. The van der Waals surface area contributed by atoms with Gasteiger partial charge in [0.25, 0.3) is 5.91 Å². The van der Waals surface area contributed by atoms with Crippen molar-refractivity contribution in [3.63, 3.8) is 0 Å². The molecular formula is C25H32ClF5N4O5S. The van der Waals surface area contributed by atoms with Gasteiger partial charge in [0.15, 0.2) is 17.3 Å². The Bertz CT molecular complexity index is 1370. The van der Waals surface area contributed by atoms with Crippen LogP contribution in [0.3, 0.4) is 0 Å². The molecule has 41 heavy (non-hydrogen) atoms. The Kier molecular flexibility index (Phi) is 9.96. The molecule has 0 spiro atoms. The average molecular weight is 631 g/mol. The fourth-order valence-electron chi connectivity index (χ4n) is 4.68. The zero-order valence-corrected chi connectivity index (χ0v) is 24.4. The lowest BCUT2D eigenvalue weighted by Gasteiger charge is -2.32. The highest BCUT2D eigenvalue weighted by atomic mass is 35.5. The van der Waals surface area contributed by atoms with Crippen molar-refractivity contribution >= 4 is 27.3 Å². The lowest BCUT2D eigenvalue weighted by Crippen LogP contribution is -2.41. The standard InChI is InChI=1S/C25H32ClF5N4O5S/c1-5-18-34-19(22(37)33-12-14-6-7-15(9-16(14)36)41(4,38)39)20(26)35(18)21-17(40-23(27)28)8-13(11-32-21)10-24(2,3)25(29,30)31/h8,11,14-16,23,36H,5-7,9-10,12H2,1-4H3,(H,33,37)/t14-,15?,16+/m1/s1. The molecule has 1 fully saturated rings. The van der Waals surface area contributed by atoms with Crippen LogP contribution in [-0.4, -0.2) is 70.9 Å². The minimum absolute atomic E-state index is 0.00279. The highest BCUT2D eigenvalue weighted by Crippen LogP contribution is 2.41. The van der Waals surface area contributed by atoms with E-state index < -0.39 is 63.4 Å². The zero-order chi connectivity index (χ0) is 30.9. The van der Waals surface area contributed by atoms with Crippen molar-refractivity contribution in [2.24, 2.45) is 11.3 Å². The maximum atomic E-state index is 13.4. The first-order valence-electron chi connectivity index (χ1n) is 12.8. The van der Waals surface area contributed by atoms with Gasteiger partial charge in [-0.15, -0.1) is 0 Å². The molecule has 9 nitrogen and oxygen atoms in total. The number of nitrogens with one attached hydrogen (secondary N) is 1. The largest absolute Gasteiger partial charge is 0.431 e. The molecule has 2 aromatic heterocycles. The van der Waals surface area contributed by atoms with Gasteiger partial charge in [-0.1, -0.05) is 32.4 Å². The number of aliphatic hydroxyl groups excluding tert-OH is 1. The number of carbonyl (C=O) groups is 1. The summed E-state index contributed by atoms with van der Waals surface area (Å²) < 4.78 is 96.0. The van der Waals surface area contributed by atoms with Crippen LogP contribution in [0.25, 0.3) is 5.82 Å². The Morgan fingerprint density at radius 3 is 2.49 bits per heavy atom. The summed E-state index contributed by atoms with van der Waals surface area (Å²) in [5.41, 5.74) is -2.46. The van der Waals surface area contributed by atoms with Gasteiger partial charge in [-0.3, -0.25) is 9.36 Å². The molecule has 2 heterocycles. The van der Waals surface area contributed by atoms with Crippen molar-refractivity contribution in [1.82, 2.24) is 19.9 Å². The van der Waals surface area contributed by atoms with Crippen molar-refractivity contribution in [1.29, 1.82) is 0 Å². The van der Waals surface area contributed by atoms with E-state index in [1.54, 1.807) is 6.92 Å². The van der Waals surface area contributed by atoms with E-state index in [-0.39, 0.29) is 47.4 Å². The summed E-state index contributed by atoms with van der Waals surface area (Å²) >= 11 is 6.46. The lowest BCUT2D eigenvalue weighted by molar-refractivity contribution is -0.211. The maximum absolute atomic E-state index is 13.4. The van der Waals surface area contributed by atoms with E-state index in [9.17, 15) is 40.3 Å². The molecule has 3 atom stereocenters. The summed E-state index contributed by atoms with van der Waals surface area (Å²) in [6, 6.07) is 1.02. The van der Waals surface area contributed by atoms with Crippen LogP contribution in [0.15, 0.2) is 12.3 Å². The summed E-state index contributed by atoms with van der Waals surface area (Å²) in [6.07, 6.45) is -2.98. The third-order valence-corrected chi connectivity index (χ3v) is 9.18. The monoisotopic (exact) mass is 630 g/mol. The number of pyridine rings is 1. The van der Waals surface area contributed by atoms with Gasteiger partial charge in [-0.25, -0.2) is 18.4 Å². The topological polar surface area (TPSA) is 123 Å². The maximum Gasteiger partial charge on any atom is 0.394 e. The van der Waals surface area contributed by atoms with Crippen molar-refractivity contribution < 1.29 is 45.0 Å². The SMILES string of the molecule is CCc1nc(C(=O)NC[C@H]2CCC(S(C)(=O)=O)C[C@@H]2O)c(Cl)n1-c1ncc(CC(C)(C)C(F)(F)F)cc1OC(F)F. The molecule has 1 saturated carbocycles. The first kappa shape index (κ1) is 33.0. The van der Waals surface area contributed by atoms with Gasteiger partial charge in [-0.05, 0) is 37.3 Å². The first-order chi connectivity index (χ1) is 18.9. The molecule has 1 aliphatic rings. The number of nitrogens with zero attached hydrogens (tertiary/aromatic N) is 3. The minimum Gasteiger partial charge on any atom is -0.431 e. The van der Waals surface area contributed by atoms with Gasteiger partial charge < -0.3 is 15.2 Å². The normalized spacial score (nSPS) is 20.3. The number of alkyl halides is 5. The molecule has 0 saturated heterocycles. The molecule has 3 rings (SSSR count). The quantitative estimate of drug-likeness (QED) is 0.370. The van der Waals surface area contributed by atoms with Crippen LogP contribution in [-0.2, 0) is 22.7 Å². The second-order valence-corrected chi connectivity index (χ2v) is 13.4. The molecule has 1 unspecified atom stereocenters. The van der Waals surface area contributed by atoms with E-state index in [2.05, 4.69) is 20.0 Å². The Labute approximate surface area is 239 Å². The van der Waals surface area contributed by atoms with Crippen LogP contribution in [0.4, 0.5) is 22.0 Å². The fourth-order valence-corrected chi connectivity index (χ4v) is 6.10. The number of carbonyl (C=O) groups excluding carboxylic acids is 1. The van der Waals surface area contributed by atoms with Crippen LogP contribution in [0.5, 0.6) is 5.75 Å². The number of imidazole rings is 1. The molecule has 0 aliphatic heterocycles. The molecule has 2 aromatic rings. The van der Waals surface area contributed by atoms with Crippen molar-refractivity contribution in [3.8, 4) is 11.6 Å². The Morgan fingerprint density at radius 2 is 1.95 bits per heavy atom. The van der Waals surface area contributed by atoms with Crippen molar-refractivity contribution in [3.05, 3.63) is 34.5 Å². The number of hydrogen-bond acceptors (Lipinski definition) is 7. The second kappa shape index (κ2) is 12.4. The van der Waals surface area contributed by atoms with Crippen LogP contribution in [0.2, 0.25) is 5.15 Å². The van der Waals surface area contributed by atoms with Gasteiger partial charge in [-0.2, -0.15) is 22.0 Å². The number of rotatable bonds is 10. The van der Waals surface area contributed by atoms with E-state index in [0.717, 1.165) is 36.9 Å². The Balaban J connectivity index is 1.88. The number of hydrogen-bond donors (Lipinski definition) is 2. The summed E-state index contributed by atoms with van der Waals surface area (Å²) in [4.78, 5) is 21.3. The third-order valence-electron chi connectivity index (χ3n) is 7.19. The van der Waals surface area contributed by atoms with E-state index in [1.165, 1.54) is 0 Å². The predicted octanol–water partition coefficient (Wildman–Crippen LogP) is 4.52. The molecule has 2 N–H and O–H groups in total. The number of halogens is 6. The molecule has 1 aliphatic carbocycles. The predicted molar refractivity (Wildman–Crippen MR) is 140 cm³/mol. The number of aliphatic hydroxyl groups is 1. The number of ether oxygens (including phenoxy) is 1. The fraction of sp³-hybridized carbons (Fsp3) is 0.640. The Hall–Kier alpha value is -2.52. The number of aromatic nitrogens is 3. The van der Waals surface area contributed by atoms with Gasteiger partial charge >= 0.3 is 12.8 Å². The molecule has 0 radical (unpaired) electrons. The molecule has 230 valence electrons. The van der Waals surface area contributed by atoms with Gasteiger partial charge in [0, 0.05) is 31.3 Å². The van der Waals surface area contributed by atoms with Gasteiger partial charge in [0.05, 0.1) is 16.8 Å². The zero-order valence-electron chi connectivity index (χ0n) is 22.8. The summed E-state index contributed by atoms with van der Waals surface area (Å²) in [6.45, 7) is 0.264. The van der Waals surface area contributed by atoms with E-state index in [4.69, 9.17) is 11.6 Å².